The highest BCUT2D eigenvalue weighted by atomic mass is 16.6. The average molecular weight is 311 g/mol. The van der Waals surface area contributed by atoms with Crippen molar-refractivity contribution in [3.8, 4) is 0 Å². The van der Waals surface area contributed by atoms with Crippen LogP contribution >= 0.6 is 0 Å². The third-order valence-electron chi connectivity index (χ3n) is 2.55. The molecule has 0 radical (unpaired) electrons. The number of carbonyl (C=O) groups excluding carboxylic acids is 2. The van der Waals surface area contributed by atoms with E-state index in [1.54, 1.807) is 33.9 Å². The lowest BCUT2D eigenvalue weighted by Crippen LogP contribution is -2.28. The second-order valence-electron chi connectivity index (χ2n) is 6.15. The van der Waals surface area contributed by atoms with Gasteiger partial charge >= 0.3 is 12.1 Å². The van der Waals surface area contributed by atoms with E-state index in [4.69, 9.17) is 9.47 Å². The number of anilines is 1. The zero-order valence-corrected chi connectivity index (χ0v) is 14.1. The number of aromatic nitrogens is 1. The molecule has 0 saturated carbocycles. The van der Waals surface area contributed by atoms with E-state index in [1.165, 1.54) is 0 Å². The summed E-state index contributed by atoms with van der Waals surface area (Å²) in [6.45, 7) is 7.86. The molecule has 1 aromatic rings. The summed E-state index contributed by atoms with van der Waals surface area (Å²) in [5.74, 6) is -0.515. The minimum absolute atomic E-state index is 0.213. The molecule has 7 heteroatoms. The van der Waals surface area contributed by atoms with Gasteiger partial charge in [-0.05, 0) is 41.8 Å². The Balaban J connectivity index is 3.03. The van der Waals surface area contributed by atoms with Crippen molar-refractivity contribution in [3.63, 3.8) is 0 Å². The number of aromatic amines is 1. The van der Waals surface area contributed by atoms with Gasteiger partial charge in [-0.1, -0.05) is 0 Å². The van der Waals surface area contributed by atoms with Gasteiger partial charge in [0.25, 0.3) is 0 Å². The lowest BCUT2D eigenvalue weighted by atomic mass is 10.2. The van der Waals surface area contributed by atoms with Crippen molar-refractivity contribution in [2.24, 2.45) is 0 Å². The van der Waals surface area contributed by atoms with Crippen LogP contribution in [-0.4, -0.2) is 48.2 Å². The van der Waals surface area contributed by atoms with E-state index < -0.39 is 17.7 Å². The van der Waals surface area contributed by atoms with Gasteiger partial charge < -0.3 is 19.4 Å². The first kappa shape index (κ1) is 18.0. The molecule has 0 saturated heterocycles. The third kappa shape index (κ3) is 5.40. The second kappa shape index (κ2) is 7.31. The number of amides is 1. The maximum atomic E-state index is 12.0. The Bertz CT molecular complexity index is 529. The molecular weight excluding hydrogens is 286 g/mol. The van der Waals surface area contributed by atoms with Gasteiger partial charge in [0.15, 0.2) is 0 Å². The van der Waals surface area contributed by atoms with Gasteiger partial charge in [-0.25, -0.2) is 9.59 Å². The van der Waals surface area contributed by atoms with Crippen LogP contribution in [0.25, 0.3) is 0 Å². The van der Waals surface area contributed by atoms with E-state index in [-0.39, 0.29) is 12.3 Å². The van der Waals surface area contributed by atoms with Crippen molar-refractivity contribution < 1.29 is 19.1 Å². The van der Waals surface area contributed by atoms with Gasteiger partial charge in [-0.3, -0.25) is 5.32 Å². The first-order valence-electron chi connectivity index (χ1n) is 7.16. The molecule has 7 nitrogen and oxygen atoms in total. The molecule has 2 N–H and O–H groups in total. The quantitative estimate of drug-likeness (QED) is 0.817. The number of ether oxygens (including phenoxy) is 2. The molecule has 0 spiro atoms. The molecule has 0 bridgehead atoms. The zero-order valence-electron chi connectivity index (χ0n) is 14.1. The molecule has 0 unspecified atom stereocenters. The standard InChI is InChI=1S/C15H25N3O4/c1-7-21-13(19)12-11(10(8-16-12)9-18(5)6)17-14(20)22-15(2,3)4/h8,16H,7,9H2,1-6H3,(H,17,20). The number of carbonyl (C=O) groups is 2. The van der Waals surface area contributed by atoms with Crippen LogP contribution in [0.4, 0.5) is 10.5 Å². The number of H-pyrrole nitrogens is 1. The Labute approximate surface area is 131 Å². The van der Waals surface area contributed by atoms with Crippen LogP contribution in [0.1, 0.15) is 43.7 Å². The number of rotatable bonds is 5. The Hall–Kier alpha value is -2.02. The van der Waals surface area contributed by atoms with E-state index in [0.29, 0.717) is 12.2 Å². The van der Waals surface area contributed by atoms with Gasteiger partial charge in [0, 0.05) is 18.3 Å². The predicted molar refractivity (Wildman–Crippen MR) is 84.0 cm³/mol. The number of nitrogens with zero attached hydrogens (tertiary/aromatic N) is 1. The van der Waals surface area contributed by atoms with Gasteiger partial charge in [0.1, 0.15) is 11.3 Å². The van der Waals surface area contributed by atoms with E-state index in [0.717, 1.165) is 5.56 Å². The van der Waals surface area contributed by atoms with Crippen LogP contribution < -0.4 is 5.32 Å². The number of esters is 1. The lowest BCUT2D eigenvalue weighted by molar-refractivity contribution is 0.0521. The first-order valence-corrected chi connectivity index (χ1v) is 7.16. The second-order valence-corrected chi connectivity index (χ2v) is 6.15. The molecule has 0 aliphatic heterocycles. The molecule has 0 fully saturated rings. The summed E-state index contributed by atoms with van der Waals surface area (Å²) in [5.41, 5.74) is 0.761. The van der Waals surface area contributed by atoms with E-state index in [1.807, 2.05) is 19.0 Å². The minimum atomic E-state index is -0.619. The van der Waals surface area contributed by atoms with Crippen LogP contribution in [0.2, 0.25) is 0 Å². The SMILES string of the molecule is CCOC(=O)c1[nH]cc(CN(C)C)c1NC(=O)OC(C)(C)C. The van der Waals surface area contributed by atoms with Crippen molar-refractivity contribution in [2.75, 3.05) is 26.0 Å². The number of nitrogens with one attached hydrogen (secondary N) is 2. The fraction of sp³-hybridized carbons (Fsp3) is 0.600. The Morgan fingerprint density at radius 2 is 1.95 bits per heavy atom. The minimum Gasteiger partial charge on any atom is -0.461 e. The summed E-state index contributed by atoms with van der Waals surface area (Å²) in [6, 6.07) is 0. The Kier molecular flexibility index (Phi) is 5.99. The highest BCUT2D eigenvalue weighted by Gasteiger charge is 2.23. The molecule has 0 aromatic carbocycles. The normalized spacial score (nSPS) is 11.4. The van der Waals surface area contributed by atoms with Gasteiger partial charge in [0.05, 0.1) is 12.3 Å². The zero-order chi connectivity index (χ0) is 16.9. The molecule has 0 atom stereocenters. The summed E-state index contributed by atoms with van der Waals surface area (Å²) >= 11 is 0. The lowest BCUT2D eigenvalue weighted by Gasteiger charge is -2.20. The van der Waals surface area contributed by atoms with Gasteiger partial charge in [-0.2, -0.15) is 0 Å². The van der Waals surface area contributed by atoms with E-state index in [9.17, 15) is 9.59 Å². The summed E-state index contributed by atoms with van der Waals surface area (Å²) in [7, 11) is 3.79. The average Bonchev–Trinajstić information content (AvgIpc) is 2.69. The maximum absolute atomic E-state index is 12.0. The van der Waals surface area contributed by atoms with Crippen LogP contribution in [-0.2, 0) is 16.0 Å². The summed E-state index contributed by atoms with van der Waals surface area (Å²) < 4.78 is 10.2. The van der Waals surface area contributed by atoms with Crippen molar-refractivity contribution in [3.05, 3.63) is 17.5 Å². The molecular formula is C15H25N3O4. The van der Waals surface area contributed by atoms with Crippen molar-refractivity contribution in [1.29, 1.82) is 0 Å². The van der Waals surface area contributed by atoms with Crippen molar-refractivity contribution >= 4 is 17.7 Å². The molecule has 22 heavy (non-hydrogen) atoms. The molecule has 1 heterocycles. The van der Waals surface area contributed by atoms with Crippen LogP contribution in [0, 0.1) is 0 Å². The van der Waals surface area contributed by atoms with Crippen LogP contribution in [0.3, 0.4) is 0 Å². The van der Waals surface area contributed by atoms with Crippen molar-refractivity contribution in [1.82, 2.24) is 9.88 Å². The van der Waals surface area contributed by atoms with E-state index >= 15 is 0 Å². The van der Waals surface area contributed by atoms with Crippen LogP contribution in [0.15, 0.2) is 6.20 Å². The molecule has 124 valence electrons. The van der Waals surface area contributed by atoms with Crippen molar-refractivity contribution in [2.45, 2.75) is 39.8 Å². The molecule has 1 amide bonds. The summed E-state index contributed by atoms with van der Waals surface area (Å²) in [5, 5.41) is 2.64. The Morgan fingerprint density at radius 1 is 1.32 bits per heavy atom. The monoisotopic (exact) mass is 311 g/mol. The third-order valence-corrected chi connectivity index (χ3v) is 2.55. The fourth-order valence-electron chi connectivity index (χ4n) is 1.84. The number of hydrogen-bond donors (Lipinski definition) is 2. The van der Waals surface area contributed by atoms with Gasteiger partial charge in [-0.15, -0.1) is 0 Å². The highest BCUT2D eigenvalue weighted by molar-refractivity contribution is 5.99. The molecule has 0 aliphatic rings. The summed E-state index contributed by atoms with van der Waals surface area (Å²) in [6.07, 6.45) is 1.07. The van der Waals surface area contributed by atoms with Gasteiger partial charge in [0.2, 0.25) is 0 Å². The molecule has 1 rings (SSSR count). The topological polar surface area (TPSA) is 83.7 Å². The predicted octanol–water partition coefficient (Wildman–Crippen LogP) is 2.60. The number of hydrogen-bond acceptors (Lipinski definition) is 5. The summed E-state index contributed by atoms with van der Waals surface area (Å²) in [4.78, 5) is 28.7. The largest absolute Gasteiger partial charge is 0.461 e. The smallest absolute Gasteiger partial charge is 0.412 e. The highest BCUT2D eigenvalue weighted by Crippen LogP contribution is 2.24. The van der Waals surface area contributed by atoms with Crippen LogP contribution in [0.5, 0.6) is 0 Å². The molecule has 0 aliphatic carbocycles. The fourth-order valence-corrected chi connectivity index (χ4v) is 1.84. The first-order chi connectivity index (χ1) is 10.1. The maximum Gasteiger partial charge on any atom is 0.412 e. The molecule has 1 aromatic heterocycles. The van der Waals surface area contributed by atoms with E-state index in [2.05, 4.69) is 10.3 Å². The Morgan fingerprint density at radius 3 is 2.45 bits per heavy atom.